The number of thioether (sulfide) groups is 1. The predicted octanol–water partition coefficient (Wildman–Crippen LogP) is 5.20. The van der Waals surface area contributed by atoms with Crippen molar-refractivity contribution in [1.82, 2.24) is 0 Å². The molecule has 1 N–H and O–H groups in total. The fraction of sp³-hybridized carbons (Fsp3) is 0.118. The minimum absolute atomic E-state index is 0.139. The first-order chi connectivity index (χ1) is 10.0. The Kier molecular flexibility index (Phi) is 5.48. The zero-order chi connectivity index (χ0) is 15.2. The second-order valence-corrected chi connectivity index (χ2v) is 6.08. The smallest absolute Gasteiger partial charge is 0.248 e. The molecule has 0 aliphatic rings. The molecule has 2 aromatic carbocycles. The number of nitrogens with one attached hydrogen (secondary N) is 1. The van der Waals surface area contributed by atoms with Crippen molar-refractivity contribution in [2.45, 2.75) is 18.7 Å². The number of hydrogen-bond donors (Lipinski definition) is 1. The van der Waals surface area contributed by atoms with Crippen molar-refractivity contribution in [2.75, 3.05) is 5.32 Å². The molecule has 0 atom stereocenters. The van der Waals surface area contributed by atoms with Crippen LogP contribution in [0.3, 0.4) is 0 Å². The highest BCUT2D eigenvalue weighted by atomic mass is 35.5. The van der Waals surface area contributed by atoms with Crippen molar-refractivity contribution in [2.24, 2.45) is 0 Å². The average Bonchev–Trinajstić information content (AvgIpc) is 2.45. The number of carbonyl (C=O) groups is 1. The van der Waals surface area contributed by atoms with Crippen LogP contribution < -0.4 is 5.32 Å². The maximum absolute atomic E-state index is 11.8. The number of aryl methyl sites for hydroxylation is 2. The number of rotatable bonds is 4. The molecule has 2 rings (SSSR count). The third kappa shape index (κ3) is 4.96. The summed E-state index contributed by atoms with van der Waals surface area (Å²) >= 11 is 7.29. The SMILES string of the molecule is Cc1ccc(NC(=O)C=CSc2ccc(Cl)cc2)cc1C. The van der Waals surface area contributed by atoms with Crippen molar-refractivity contribution in [3.05, 3.63) is 70.1 Å². The Labute approximate surface area is 134 Å². The van der Waals surface area contributed by atoms with Crippen LogP contribution in [-0.4, -0.2) is 5.91 Å². The summed E-state index contributed by atoms with van der Waals surface area (Å²) in [6.45, 7) is 4.07. The Morgan fingerprint density at radius 1 is 1.10 bits per heavy atom. The molecule has 0 aromatic heterocycles. The van der Waals surface area contributed by atoms with Gasteiger partial charge < -0.3 is 5.32 Å². The van der Waals surface area contributed by atoms with E-state index in [1.165, 1.54) is 23.4 Å². The summed E-state index contributed by atoms with van der Waals surface area (Å²) < 4.78 is 0. The molecule has 0 unspecified atom stereocenters. The molecule has 0 fully saturated rings. The Hall–Kier alpha value is -1.71. The lowest BCUT2D eigenvalue weighted by Crippen LogP contribution is -2.07. The van der Waals surface area contributed by atoms with E-state index in [2.05, 4.69) is 5.32 Å². The molecule has 0 spiro atoms. The van der Waals surface area contributed by atoms with Crippen LogP contribution in [0.15, 0.2) is 58.8 Å². The van der Waals surface area contributed by atoms with E-state index in [0.29, 0.717) is 5.02 Å². The van der Waals surface area contributed by atoms with Crippen molar-refractivity contribution in [3.8, 4) is 0 Å². The number of halogens is 1. The number of carbonyl (C=O) groups excluding carboxylic acids is 1. The molecule has 0 radical (unpaired) electrons. The van der Waals surface area contributed by atoms with Crippen LogP contribution in [0.1, 0.15) is 11.1 Å². The quantitative estimate of drug-likeness (QED) is 0.620. The van der Waals surface area contributed by atoms with E-state index in [9.17, 15) is 4.79 Å². The van der Waals surface area contributed by atoms with Gasteiger partial charge in [-0.1, -0.05) is 29.4 Å². The lowest BCUT2D eigenvalue weighted by Gasteiger charge is -2.05. The van der Waals surface area contributed by atoms with Gasteiger partial charge >= 0.3 is 0 Å². The molecule has 0 bridgehead atoms. The predicted molar refractivity (Wildman–Crippen MR) is 91.0 cm³/mol. The van der Waals surface area contributed by atoms with Crippen LogP contribution in [-0.2, 0) is 4.79 Å². The summed E-state index contributed by atoms with van der Waals surface area (Å²) in [7, 11) is 0. The fourth-order valence-electron chi connectivity index (χ4n) is 1.69. The summed E-state index contributed by atoms with van der Waals surface area (Å²) in [5.74, 6) is -0.139. The molecular formula is C17H16ClNOS. The molecule has 0 saturated heterocycles. The Bertz CT molecular complexity index is 665. The van der Waals surface area contributed by atoms with E-state index < -0.39 is 0 Å². The first-order valence-electron chi connectivity index (χ1n) is 6.51. The van der Waals surface area contributed by atoms with Gasteiger partial charge in [-0.25, -0.2) is 0 Å². The van der Waals surface area contributed by atoms with Gasteiger partial charge in [-0.2, -0.15) is 0 Å². The van der Waals surface area contributed by atoms with E-state index in [1.807, 2.05) is 56.3 Å². The van der Waals surface area contributed by atoms with Crippen LogP contribution in [0.25, 0.3) is 0 Å². The first-order valence-corrected chi connectivity index (χ1v) is 7.77. The van der Waals surface area contributed by atoms with Crippen LogP contribution in [0.4, 0.5) is 5.69 Å². The largest absolute Gasteiger partial charge is 0.322 e. The van der Waals surface area contributed by atoms with Crippen LogP contribution in [0, 0.1) is 13.8 Å². The highest BCUT2D eigenvalue weighted by Gasteiger charge is 2.00. The molecule has 2 nitrogen and oxygen atoms in total. The van der Waals surface area contributed by atoms with E-state index in [-0.39, 0.29) is 5.91 Å². The summed E-state index contributed by atoms with van der Waals surface area (Å²) in [6, 6.07) is 13.3. The molecule has 0 heterocycles. The summed E-state index contributed by atoms with van der Waals surface area (Å²) in [5.41, 5.74) is 3.18. The molecule has 0 aliphatic carbocycles. The van der Waals surface area contributed by atoms with Gasteiger partial charge in [0.1, 0.15) is 0 Å². The third-order valence-electron chi connectivity index (χ3n) is 3.01. The minimum Gasteiger partial charge on any atom is -0.322 e. The number of benzene rings is 2. The van der Waals surface area contributed by atoms with Gasteiger partial charge in [0.2, 0.25) is 5.91 Å². The van der Waals surface area contributed by atoms with Gasteiger partial charge in [0.15, 0.2) is 0 Å². The molecule has 2 aromatic rings. The van der Waals surface area contributed by atoms with Gasteiger partial charge in [0, 0.05) is 21.7 Å². The Balaban J connectivity index is 1.90. The zero-order valence-electron chi connectivity index (χ0n) is 11.9. The van der Waals surface area contributed by atoms with E-state index in [4.69, 9.17) is 11.6 Å². The van der Waals surface area contributed by atoms with Gasteiger partial charge in [-0.05, 0) is 66.8 Å². The van der Waals surface area contributed by atoms with Crippen LogP contribution in [0.2, 0.25) is 5.02 Å². The number of anilines is 1. The lowest BCUT2D eigenvalue weighted by atomic mass is 10.1. The van der Waals surface area contributed by atoms with Crippen molar-refractivity contribution in [1.29, 1.82) is 0 Å². The van der Waals surface area contributed by atoms with Crippen molar-refractivity contribution < 1.29 is 4.79 Å². The fourth-order valence-corrected chi connectivity index (χ4v) is 2.46. The van der Waals surface area contributed by atoms with E-state index in [1.54, 1.807) is 5.41 Å². The highest BCUT2D eigenvalue weighted by molar-refractivity contribution is 8.02. The van der Waals surface area contributed by atoms with Crippen molar-refractivity contribution in [3.63, 3.8) is 0 Å². The van der Waals surface area contributed by atoms with Gasteiger partial charge in [-0.15, -0.1) is 0 Å². The zero-order valence-corrected chi connectivity index (χ0v) is 13.5. The molecule has 0 aliphatic heterocycles. The van der Waals surface area contributed by atoms with Gasteiger partial charge in [-0.3, -0.25) is 4.79 Å². The number of hydrogen-bond acceptors (Lipinski definition) is 2. The molecule has 0 saturated carbocycles. The topological polar surface area (TPSA) is 29.1 Å². The summed E-state index contributed by atoms with van der Waals surface area (Å²) in [4.78, 5) is 12.9. The third-order valence-corrected chi connectivity index (χ3v) is 4.08. The lowest BCUT2D eigenvalue weighted by molar-refractivity contribution is -0.111. The standard InChI is InChI=1S/C17H16ClNOS/c1-12-3-6-15(11-13(12)2)19-17(20)9-10-21-16-7-4-14(18)5-8-16/h3-11H,1-2H3,(H,19,20). The Morgan fingerprint density at radius 3 is 2.48 bits per heavy atom. The monoisotopic (exact) mass is 317 g/mol. The van der Waals surface area contributed by atoms with Crippen LogP contribution in [0.5, 0.6) is 0 Å². The van der Waals surface area contributed by atoms with E-state index in [0.717, 1.165) is 16.1 Å². The summed E-state index contributed by atoms with van der Waals surface area (Å²) in [6.07, 6.45) is 1.52. The highest BCUT2D eigenvalue weighted by Crippen LogP contribution is 2.21. The molecule has 108 valence electrons. The van der Waals surface area contributed by atoms with Crippen molar-refractivity contribution >= 4 is 35.0 Å². The number of amides is 1. The summed E-state index contributed by atoms with van der Waals surface area (Å²) in [5, 5.41) is 5.31. The van der Waals surface area contributed by atoms with Crippen LogP contribution >= 0.6 is 23.4 Å². The Morgan fingerprint density at radius 2 is 1.81 bits per heavy atom. The molecule has 4 heteroatoms. The maximum Gasteiger partial charge on any atom is 0.248 e. The van der Waals surface area contributed by atoms with E-state index >= 15 is 0 Å². The second-order valence-electron chi connectivity index (χ2n) is 4.66. The molecule has 1 amide bonds. The van der Waals surface area contributed by atoms with Gasteiger partial charge in [0.25, 0.3) is 0 Å². The van der Waals surface area contributed by atoms with Gasteiger partial charge in [0.05, 0.1) is 0 Å². The maximum atomic E-state index is 11.8. The molecular weight excluding hydrogens is 302 g/mol. The first kappa shape index (κ1) is 15.7. The minimum atomic E-state index is -0.139. The second kappa shape index (κ2) is 7.34. The molecule has 21 heavy (non-hydrogen) atoms. The average molecular weight is 318 g/mol. The normalized spacial score (nSPS) is 10.8.